The summed E-state index contributed by atoms with van der Waals surface area (Å²) in [6.07, 6.45) is 0.936. The van der Waals surface area contributed by atoms with Crippen molar-refractivity contribution in [2.45, 2.75) is 19.9 Å². The first-order valence-corrected chi connectivity index (χ1v) is 5.37. The number of anilines is 1. The topological polar surface area (TPSA) is 52.9 Å². The van der Waals surface area contributed by atoms with Crippen LogP contribution in [0.1, 0.15) is 13.3 Å². The van der Waals surface area contributed by atoms with E-state index in [0.29, 0.717) is 5.82 Å². The van der Waals surface area contributed by atoms with Gasteiger partial charge in [0.1, 0.15) is 5.82 Å². The maximum absolute atomic E-state index is 11.8. The van der Waals surface area contributed by atoms with E-state index in [1.54, 1.807) is 9.36 Å². The molecule has 0 amide bonds. The summed E-state index contributed by atoms with van der Waals surface area (Å²) < 4.78 is 3.41. The molecule has 0 radical (unpaired) electrons. The van der Waals surface area contributed by atoms with Crippen molar-refractivity contribution in [1.29, 1.82) is 0 Å². The molecule has 1 aromatic heterocycles. The highest BCUT2D eigenvalue weighted by Crippen LogP contribution is 2.09. The number of nitrogen functional groups attached to an aromatic ring is 1. The predicted octanol–water partition coefficient (Wildman–Crippen LogP) is 1.63. The average Bonchev–Trinajstić information content (AvgIpc) is 2.56. The van der Waals surface area contributed by atoms with Crippen molar-refractivity contribution in [3.63, 3.8) is 0 Å². The molecule has 0 aliphatic rings. The average molecular weight is 217 g/mol. The van der Waals surface area contributed by atoms with E-state index in [-0.39, 0.29) is 5.56 Å². The molecule has 0 aliphatic heterocycles. The molecular formula is C12H15N3O. The molecule has 0 saturated heterocycles. The van der Waals surface area contributed by atoms with Crippen LogP contribution in [0.2, 0.25) is 0 Å². The summed E-state index contributed by atoms with van der Waals surface area (Å²) in [5.41, 5.74) is 6.57. The molecule has 0 spiro atoms. The zero-order valence-electron chi connectivity index (χ0n) is 9.26. The number of nitrogens with two attached hydrogens (primary N) is 1. The second-order valence-corrected chi connectivity index (χ2v) is 3.68. The molecule has 0 atom stereocenters. The minimum atomic E-state index is -0.0860. The lowest BCUT2D eigenvalue weighted by atomic mass is 10.3. The SMILES string of the molecule is CCCn1c(N)cc(=O)n1-c1ccccc1. The van der Waals surface area contributed by atoms with Crippen molar-refractivity contribution in [2.75, 3.05) is 5.73 Å². The van der Waals surface area contributed by atoms with Crippen molar-refractivity contribution in [3.05, 3.63) is 46.8 Å². The number of nitrogens with zero attached hydrogens (tertiary/aromatic N) is 2. The van der Waals surface area contributed by atoms with Gasteiger partial charge in [-0.1, -0.05) is 25.1 Å². The molecule has 0 unspecified atom stereocenters. The Bertz CT molecular complexity index is 525. The predicted molar refractivity (Wildman–Crippen MR) is 64.7 cm³/mol. The highest BCUT2D eigenvalue weighted by Gasteiger charge is 2.08. The first-order valence-electron chi connectivity index (χ1n) is 5.37. The third-order valence-corrected chi connectivity index (χ3v) is 2.46. The fourth-order valence-electron chi connectivity index (χ4n) is 1.77. The van der Waals surface area contributed by atoms with Gasteiger partial charge in [-0.2, -0.15) is 0 Å². The summed E-state index contributed by atoms with van der Waals surface area (Å²) in [5, 5.41) is 0. The highest BCUT2D eigenvalue weighted by atomic mass is 16.1. The smallest absolute Gasteiger partial charge is 0.273 e. The van der Waals surface area contributed by atoms with Gasteiger partial charge in [-0.3, -0.25) is 9.48 Å². The molecule has 0 fully saturated rings. The molecule has 4 nitrogen and oxygen atoms in total. The highest BCUT2D eigenvalue weighted by molar-refractivity contribution is 5.36. The third kappa shape index (κ3) is 1.74. The van der Waals surface area contributed by atoms with Crippen LogP contribution in [0.5, 0.6) is 0 Å². The Hall–Kier alpha value is -1.97. The van der Waals surface area contributed by atoms with Gasteiger partial charge in [0.25, 0.3) is 5.56 Å². The van der Waals surface area contributed by atoms with Gasteiger partial charge in [0.15, 0.2) is 0 Å². The molecule has 84 valence electrons. The quantitative estimate of drug-likeness (QED) is 0.849. The van der Waals surface area contributed by atoms with E-state index in [2.05, 4.69) is 6.92 Å². The van der Waals surface area contributed by atoms with E-state index < -0.39 is 0 Å². The maximum atomic E-state index is 11.8. The van der Waals surface area contributed by atoms with Gasteiger partial charge >= 0.3 is 0 Å². The van der Waals surface area contributed by atoms with Gasteiger partial charge in [0.05, 0.1) is 5.69 Å². The Morgan fingerprint density at radius 2 is 1.94 bits per heavy atom. The van der Waals surface area contributed by atoms with Crippen molar-refractivity contribution < 1.29 is 0 Å². The summed E-state index contributed by atoms with van der Waals surface area (Å²) in [4.78, 5) is 11.8. The second-order valence-electron chi connectivity index (χ2n) is 3.68. The molecule has 16 heavy (non-hydrogen) atoms. The standard InChI is InChI=1S/C12H15N3O/c1-2-8-14-11(13)9-12(16)15(14)10-6-4-3-5-7-10/h3-7,9H,2,8,13H2,1H3. The number of para-hydroxylation sites is 1. The first-order chi connectivity index (χ1) is 7.74. The van der Waals surface area contributed by atoms with Gasteiger partial charge in [0.2, 0.25) is 0 Å². The molecule has 0 aliphatic carbocycles. The van der Waals surface area contributed by atoms with Crippen molar-refractivity contribution >= 4 is 5.82 Å². The summed E-state index contributed by atoms with van der Waals surface area (Å²) >= 11 is 0. The molecule has 1 heterocycles. The summed E-state index contributed by atoms with van der Waals surface area (Å²) in [7, 11) is 0. The first kappa shape index (κ1) is 10.5. The Morgan fingerprint density at radius 3 is 2.56 bits per heavy atom. The Kier molecular flexibility index (Phi) is 2.81. The molecule has 0 bridgehead atoms. The number of rotatable bonds is 3. The van der Waals surface area contributed by atoms with E-state index in [9.17, 15) is 4.79 Å². The van der Waals surface area contributed by atoms with Gasteiger partial charge in [-0.05, 0) is 18.6 Å². The van der Waals surface area contributed by atoms with Crippen LogP contribution in [0, 0.1) is 0 Å². The van der Waals surface area contributed by atoms with Gasteiger partial charge < -0.3 is 5.73 Å². The van der Waals surface area contributed by atoms with Gasteiger partial charge in [-0.15, -0.1) is 0 Å². The number of benzene rings is 1. The summed E-state index contributed by atoms with van der Waals surface area (Å²) in [6, 6.07) is 11.0. The lowest BCUT2D eigenvalue weighted by Gasteiger charge is -2.11. The number of hydrogen-bond donors (Lipinski definition) is 1. The summed E-state index contributed by atoms with van der Waals surface area (Å²) in [5.74, 6) is 0.510. The van der Waals surface area contributed by atoms with Gasteiger partial charge in [-0.25, -0.2) is 4.68 Å². The monoisotopic (exact) mass is 217 g/mol. The molecular weight excluding hydrogens is 202 g/mol. The second kappa shape index (κ2) is 4.26. The van der Waals surface area contributed by atoms with E-state index in [4.69, 9.17) is 5.73 Å². The Morgan fingerprint density at radius 1 is 1.25 bits per heavy atom. The Balaban J connectivity index is 2.60. The van der Waals surface area contributed by atoms with Crippen molar-refractivity contribution in [1.82, 2.24) is 9.36 Å². The lowest BCUT2D eigenvalue weighted by molar-refractivity contribution is 0.543. The van der Waals surface area contributed by atoms with E-state index in [1.165, 1.54) is 6.07 Å². The van der Waals surface area contributed by atoms with Crippen LogP contribution in [0.4, 0.5) is 5.82 Å². The number of aromatic nitrogens is 2. The molecule has 1 aromatic carbocycles. The summed E-state index contributed by atoms with van der Waals surface area (Å²) in [6.45, 7) is 2.79. The van der Waals surface area contributed by atoms with E-state index in [0.717, 1.165) is 18.7 Å². The normalized spacial score (nSPS) is 10.6. The van der Waals surface area contributed by atoms with E-state index >= 15 is 0 Å². The minimum absolute atomic E-state index is 0.0860. The van der Waals surface area contributed by atoms with Crippen molar-refractivity contribution in [2.24, 2.45) is 0 Å². The van der Waals surface area contributed by atoms with Crippen LogP contribution in [-0.2, 0) is 6.54 Å². The van der Waals surface area contributed by atoms with Crippen LogP contribution in [0.3, 0.4) is 0 Å². The van der Waals surface area contributed by atoms with Gasteiger partial charge in [0, 0.05) is 12.6 Å². The lowest BCUT2D eigenvalue weighted by Crippen LogP contribution is -2.21. The minimum Gasteiger partial charge on any atom is -0.384 e. The molecule has 0 saturated carbocycles. The zero-order chi connectivity index (χ0) is 11.5. The zero-order valence-corrected chi connectivity index (χ0v) is 9.26. The maximum Gasteiger partial charge on any atom is 0.273 e. The van der Waals surface area contributed by atoms with Crippen LogP contribution in [0.15, 0.2) is 41.2 Å². The van der Waals surface area contributed by atoms with Crippen LogP contribution in [0.25, 0.3) is 5.69 Å². The molecule has 2 N–H and O–H groups in total. The molecule has 2 aromatic rings. The third-order valence-electron chi connectivity index (χ3n) is 2.46. The largest absolute Gasteiger partial charge is 0.384 e. The van der Waals surface area contributed by atoms with E-state index in [1.807, 2.05) is 30.3 Å². The van der Waals surface area contributed by atoms with Crippen LogP contribution in [-0.4, -0.2) is 9.36 Å². The fourth-order valence-corrected chi connectivity index (χ4v) is 1.77. The van der Waals surface area contributed by atoms with Crippen molar-refractivity contribution in [3.8, 4) is 5.69 Å². The molecule has 2 rings (SSSR count). The Labute approximate surface area is 93.9 Å². The number of hydrogen-bond acceptors (Lipinski definition) is 2. The fraction of sp³-hybridized carbons (Fsp3) is 0.250. The van der Waals surface area contributed by atoms with Crippen LogP contribution < -0.4 is 11.3 Å². The molecule has 4 heteroatoms. The van der Waals surface area contributed by atoms with Crippen LogP contribution >= 0.6 is 0 Å².